The number of hydrogen-bond donors (Lipinski definition) is 4. The minimum absolute atomic E-state index is 0.187. The third kappa shape index (κ3) is 7.93. The molecule has 2 aromatic carbocycles. The Kier molecular flexibility index (Phi) is 10.0. The Bertz CT molecular complexity index is 1210. The van der Waals surface area contributed by atoms with E-state index >= 15 is 0 Å². The first-order valence-electron chi connectivity index (χ1n) is 14.0. The van der Waals surface area contributed by atoms with Crippen molar-refractivity contribution >= 4 is 41.2 Å². The third-order valence-corrected chi connectivity index (χ3v) is 8.26. The maximum absolute atomic E-state index is 13.8. The van der Waals surface area contributed by atoms with Gasteiger partial charge in [-0.1, -0.05) is 36.9 Å². The van der Waals surface area contributed by atoms with Crippen molar-refractivity contribution in [2.75, 3.05) is 10.6 Å². The Morgan fingerprint density at radius 2 is 1.65 bits per heavy atom. The second-order valence-electron chi connectivity index (χ2n) is 11.0. The zero-order valence-electron chi connectivity index (χ0n) is 22.7. The van der Waals surface area contributed by atoms with E-state index in [-0.39, 0.29) is 35.1 Å². The van der Waals surface area contributed by atoms with E-state index in [0.29, 0.717) is 54.6 Å². The summed E-state index contributed by atoms with van der Waals surface area (Å²) in [5.74, 6) is -4.13. The molecule has 2 aromatic rings. The second kappa shape index (κ2) is 13.4. The molecule has 0 heterocycles. The second-order valence-corrected chi connectivity index (χ2v) is 11.4. The molecule has 0 atom stereocenters. The number of amides is 3. The Balaban J connectivity index is 1.52. The number of carbonyl (C=O) groups is 3. The van der Waals surface area contributed by atoms with Gasteiger partial charge in [-0.05, 0) is 81.3 Å². The minimum Gasteiger partial charge on any atom is -0.382 e. The van der Waals surface area contributed by atoms with E-state index in [0.717, 1.165) is 32.6 Å². The molecule has 2 fully saturated rings. The first kappa shape index (κ1) is 29.8. The lowest BCUT2D eigenvalue weighted by molar-refractivity contribution is -0.109. The summed E-state index contributed by atoms with van der Waals surface area (Å²) >= 11 is 6.28. The first-order chi connectivity index (χ1) is 19.1. The predicted octanol–water partition coefficient (Wildman–Crippen LogP) is 6.53. The van der Waals surface area contributed by atoms with Crippen LogP contribution in [0, 0.1) is 5.92 Å². The lowest BCUT2D eigenvalue weighted by Gasteiger charge is -2.32. The molecule has 40 heavy (non-hydrogen) atoms. The Morgan fingerprint density at radius 1 is 0.925 bits per heavy atom. The largest absolute Gasteiger partial charge is 0.382 e. The van der Waals surface area contributed by atoms with E-state index in [9.17, 15) is 23.2 Å². The maximum Gasteiger partial charge on any atom is 0.257 e. The summed E-state index contributed by atoms with van der Waals surface area (Å²) in [6, 6.07) is 10.2. The Morgan fingerprint density at radius 3 is 2.33 bits per heavy atom. The van der Waals surface area contributed by atoms with Crippen molar-refractivity contribution < 1.29 is 23.2 Å². The van der Waals surface area contributed by atoms with Crippen LogP contribution >= 0.6 is 11.6 Å². The van der Waals surface area contributed by atoms with E-state index in [1.165, 1.54) is 6.42 Å². The molecule has 2 aliphatic carbocycles. The summed E-state index contributed by atoms with van der Waals surface area (Å²) in [4.78, 5) is 37.2. The number of rotatable bonds is 10. The van der Waals surface area contributed by atoms with Gasteiger partial charge < -0.3 is 21.3 Å². The molecule has 10 heteroatoms. The molecule has 2 saturated carbocycles. The standard InChI is InChI=1S/C30H37ClF2N4O3/c1-30(32,33)20-8-10-22(11-9-20)36-29(40)25-16-23(12-14-27(25)35-21-5-3-2-4-6-21)37-28(39)24-15-19(17-34-18-38)7-13-26(24)31/h7,12-16,18,20-22,35H,2-6,8-11,17H2,1H3,(H,34,38)(H,36,40)(H,37,39). The van der Waals surface area contributed by atoms with E-state index in [4.69, 9.17) is 11.6 Å². The van der Waals surface area contributed by atoms with Crippen LogP contribution in [-0.2, 0) is 11.3 Å². The molecule has 4 N–H and O–H groups in total. The smallest absolute Gasteiger partial charge is 0.257 e. The molecule has 0 aromatic heterocycles. The molecule has 0 spiro atoms. The number of benzene rings is 2. The quantitative estimate of drug-likeness (QED) is 0.243. The highest BCUT2D eigenvalue weighted by Gasteiger charge is 2.37. The molecule has 4 rings (SSSR count). The van der Waals surface area contributed by atoms with Crippen LogP contribution in [-0.4, -0.2) is 36.2 Å². The van der Waals surface area contributed by atoms with Gasteiger partial charge >= 0.3 is 0 Å². The lowest BCUT2D eigenvalue weighted by Crippen LogP contribution is -2.40. The Labute approximate surface area is 238 Å². The summed E-state index contributed by atoms with van der Waals surface area (Å²) in [6.07, 6.45) is 7.77. The zero-order valence-corrected chi connectivity index (χ0v) is 23.5. The normalized spacial score (nSPS) is 19.9. The molecule has 2 aliphatic rings. The number of anilines is 2. The molecule has 3 amide bonds. The van der Waals surface area contributed by atoms with Crippen LogP contribution in [0.15, 0.2) is 36.4 Å². The highest BCUT2D eigenvalue weighted by Crippen LogP contribution is 2.36. The average Bonchev–Trinajstić information content (AvgIpc) is 2.93. The van der Waals surface area contributed by atoms with E-state index in [1.807, 2.05) is 0 Å². The van der Waals surface area contributed by atoms with Crippen molar-refractivity contribution in [2.24, 2.45) is 5.92 Å². The van der Waals surface area contributed by atoms with Gasteiger partial charge in [0.05, 0.1) is 16.1 Å². The molecule has 0 bridgehead atoms. The van der Waals surface area contributed by atoms with Gasteiger partial charge in [0.1, 0.15) is 0 Å². The fourth-order valence-corrected chi connectivity index (χ4v) is 5.83. The number of hydrogen-bond acceptors (Lipinski definition) is 4. The van der Waals surface area contributed by atoms with Gasteiger partial charge in [0.15, 0.2) is 0 Å². The van der Waals surface area contributed by atoms with E-state index in [1.54, 1.807) is 36.4 Å². The van der Waals surface area contributed by atoms with Gasteiger partial charge in [-0.25, -0.2) is 8.78 Å². The average molecular weight is 575 g/mol. The van der Waals surface area contributed by atoms with Gasteiger partial charge in [0.2, 0.25) is 12.3 Å². The van der Waals surface area contributed by atoms with E-state index in [2.05, 4.69) is 21.3 Å². The van der Waals surface area contributed by atoms with Crippen LogP contribution in [0.25, 0.3) is 0 Å². The van der Waals surface area contributed by atoms with Crippen molar-refractivity contribution in [3.05, 3.63) is 58.1 Å². The van der Waals surface area contributed by atoms with Crippen LogP contribution in [0.1, 0.15) is 91.0 Å². The molecule has 0 unspecified atom stereocenters. The van der Waals surface area contributed by atoms with Gasteiger partial charge in [-0.3, -0.25) is 14.4 Å². The zero-order chi connectivity index (χ0) is 28.7. The monoisotopic (exact) mass is 574 g/mol. The fraction of sp³-hybridized carbons (Fsp3) is 0.500. The number of nitrogens with one attached hydrogen (secondary N) is 4. The van der Waals surface area contributed by atoms with Crippen LogP contribution in [0.5, 0.6) is 0 Å². The first-order valence-corrected chi connectivity index (χ1v) is 14.4. The third-order valence-electron chi connectivity index (χ3n) is 7.93. The molecule has 7 nitrogen and oxygen atoms in total. The fourth-order valence-electron chi connectivity index (χ4n) is 5.62. The van der Waals surface area contributed by atoms with Crippen LogP contribution in [0.3, 0.4) is 0 Å². The minimum atomic E-state index is -2.72. The number of alkyl halides is 2. The summed E-state index contributed by atoms with van der Waals surface area (Å²) < 4.78 is 27.5. The van der Waals surface area contributed by atoms with Gasteiger partial charge in [-0.15, -0.1) is 0 Å². The molecule has 216 valence electrons. The predicted molar refractivity (Wildman–Crippen MR) is 153 cm³/mol. The molecule has 0 aliphatic heterocycles. The summed E-state index contributed by atoms with van der Waals surface area (Å²) in [7, 11) is 0. The van der Waals surface area contributed by atoms with Crippen molar-refractivity contribution in [1.29, 1.82) is 0 Å². The van der Waals surface area contributed by atoms with Crippen molar-refractivity contribution in [3.8, 4) is 0 Å². The van der Waals surface area contributed by atoms with Crippen molar-refractivity contribution in [1.82, 2.24) is 10.6 Å². The van der Waals surface area contributed by atoms with Crippen molar-refractivity contribution in [2.45, 2.75) is 89.3 Å². The maximum atomic E-state index is 13.8. The summed E-state index contributed by atoms with van der Waals surface area (Å²) in [6.45, 7) is 1.22. The number of carbonyl (C=O) groups excluding carboxylic acids is 3. The van der Waals surface area contributed by atoms with Crippen molar-refractivity contribution in [3.63, 3.8) is 0 Å². The lowest BCUT2D eigenvalue weighted by atomic mass is 9.82. The summed E-state index contributed by atoms with van der Waals surface area (Å²) in [5, 5.41) is 12.2. The van der Waals surface area contributed by atoms with E-state index < -0.39 is 17.7 Å². The summed E-state index contributed by atoms with van der Waals surface area (Å²) in [5.41, 5.74) is 2.44. The molecule has 0 saturated heterocycles. The van der Waals surface area contributed by atoms with Crippen LogP contribution < -0.4 is 21.3 Å². The molecular formula is C30H37ClF2N4O3. The SMILES string of the molecule is CC(F)(F)C1CCC(NC(=O)c2cc(NC(=O)c3cc(CNC=O)ccc3Cl)ccc2NC2CCCCC2)CC1. The highest BCUT2D eigenvalue weighted by molar-refractivity contribution is 6.34. The van der Waals surface area contributed by atoms with Gasteiger partial charge in [0, 0.05) is 35.9 Å². The van der Waals surface area contributed by atoms with Gasteiger partial charge in [0.25, 0.3) is 11.8 Å². The van der Waals surface area contributed by atoms with Gasteiger partial charge in [-0.2, -0.15) is 0 Å². The molecule has 0 radical (unpaired) electrons. The van der Waals surface area contributed by atoms with Crippen LogP contribution in [0.4, 0.5) is 20.2 Å². The molecular weight excluding hydrogens is 538 g/mol. The Hall–Kier alpha value is -3.20. The number of halogens is 3. The highest BCUT2D eigenvalue weighted by atomic mass is 35.5. The topological polar surface area (TPSA) is 99.3 Å². The van der Waals surface area contributed by atoms with Crippen LogP contribution in [0.2, 0.25) is 5.02 Å².